The molecule has 2 amide bonds. The van der Waals surface area contributed by atoms with Crippen molar-refractivity contribution in [3.05, 3.63) is 83.8 Å². The molecular weight excluding hydrogens is 358 g/mol. The van der Waals surface area contributed by atoms with Crippen LogP contribution in [0.3, 0.4) is 0 Å². The fourth-order valence-corrected chi connectivity index (χ4v) is 2.43. The molecule has 142 valence electrons. The zero-order chi connectivity index (χ0) is 19.9. The highest BCUT2D eigenvalue weighted by molar-refractivity contribution is 6.04. The first-order valence-corrected chi connectivity index (χ1v) is 8.51. The summed E-state index contributed by atoms with van der Waals surface area (Å²) in [6, 6.07) is 17.1. The van der Waals surface area contributed by atoms with Gasteiger partial charge in [0.05, 0.1) is 19.1 Å². The lowest BCUT2D eigenvalue weighted by Gasteiger charge is -2.07. The summed E-state index contributed by atoms with van der Waals surface area (Å²) in [5.41, 5.74) is 4.94. The van der Waals surface area contributed by atoms with Crippen LogP contribution in [0.25, 0.3) is 0 Å². The number of carbonyl (C=O) groups excluding carboxylic acids is 2. The van der Waals surface area contributed by atoms with Gasteiger partial charge in [0.2, 0.25) is 0 Å². The maximum Gasteiger partial charge on any atom is 0.291 e. The Morgan fingerprint density at radius 2 is 1.75 bits per heavy atom. The number of anilines is 1. The highest BCUT2D eigenvalue weighted by atomic mass is 16.5. The summed E-state index contributed by atoms with van der Waals surface area (Å²) in [6.07, 6.45) is 1.44. The van der Waals surface area contributed by atoms with Gasteiger partial charge in [-0.05, 0) is 61.0 Å². The highest BCUT2D eigenvalue weighted by Gasteiger charge is 2.10. The molecular formula is C21H19N3O4. The number of amides is 2. The van der Waals surface area contributed by atoms with Crippen molar-refractivity contribution in [2.75, 3.05) is 12.4 Å². The molecule has 0 aliphatic carbocycles. The third-order valence-corrected chi connectivity index (χ3v) is 3.96. The van der Waals surface area contributed by atoms with Crippen LogP contribution >= 0.6 is 0 Å². The molecule has 0 aliphatic rings. The summed E-state index contributed by atoms with van der Waals surface area (Å²) in [5.74, 6) is 0.223. The van der Waals surface area contributed by atoms with E-state index < -0.39 is 0 Å². The first-order valence-electron chi connectivity index (χ1n) is 8.51. The second-order valence-electron chi connectivity index (χ2n) is 5.88. The quantitative estimate of drug-likeness (QED) is 0.506. The van der Waals surface area contributed by atoms with Gasteiger partial charge in [-0.15, -0.1) is 0 Å². The molecule has 0 unspecified atom stereocenters. The van der Waals surface area contributed by atoms with Gasteiger partial charge in [0.15, 0.2) is 5.76 Å². The predicted octanol–water partition coefficient (Wildman–Crippen LogP) is 3.69. The van der Waals surface area contributed by atoms with E-state index in [1.54, 1.807) is 68.6 Å². The van der Waals surface area contributed by atoms with Crippen LogP contribution in [-0.2, 0) is 0 Å². The van der Waals surface area contributed by atoms with Crippen molar-refractivity contribution in [3.8, 4) is 5.75 Å². The number of nitrogens with one attached hydrogen (secondary N) is 2. The Morgan fingerprint density at radius 1 is 0.964 bits per heavy atom. The third-order valence-electron chi connectivity index (χ3n) is 3.96. The number of hydrogen-bond acceptors (Lipinski definition) is 5. The van der Waals surface area contributed by atoms with Crippen LogP contribution in [-0.4, -0.2) is 24.6 Å². The zero-order valence-electron chi connectivity index (χ0n) is 15.4. The number of nitrogens with zero attached hydrogens (tertiary/aromatic N) is 1. The molecule has 7 nitrogen and oxygen atoms in total. The van der Waals surface area contributed by atoms with Crippen molar-refractivity contribution in [1.29, 1.82) is 0 Å². The van der Waals surface area contributed by atoms with E-state index in [0.29, 0.717) is 22.7 Å². The summed E-state index contributed by atoms with van der Waals surface area (Å²) in [5, 5.41) is 6.89. The molecule has 28 heavy (non-hydrogen) atoms. The standard InChI is InChI=1S/C21H19N3O4/c1-14(23-24-20(25)15-8-10-18(27-2)11-9-15)16-5-3-6-17(13-16)22-21(26)19-7-4-12-28-19/h3-13H,1-2H3,(H,22,26)(H,24,25)/b23-14+. The van der Waals surface area contributed by atoms with Crippen molar-refractivity contribution in [2.45, 2.75) is 6.92 Å². The number of furan rings is 1. The van der Waals surface area contributed by atoms with Gasteiger partial charge in [-0.25, -0.2) is 5.43 Å². The van der Waals surface area contributed by atoms with Crippen LogP contribution in [0.4, 0.5) is 5.69 Å². The Bertz CT molecular complexity index is 993. The van der Waals surface area contributed by atoms with E-state index in [2.05, 4.69) is 15.8 Å². The average Bonchev–Trinajstić information content (AvgIpc) is 3.27. The molecule has 1 aromatic heterocycles. The summed E-state index contributed by atoms with van der Waals surface area (Å²) >= 11 is 0. The van der Waals surface area contributed by atoms with E-state index in [0.717, 1.165) is 5.56 Å². The van der Waals surface area contributed by atoms with E-state index in [9.17, 15) is 9.59 Å². The van der Waals surface area contributed by atoms with Crippen molar-refractivity contribution >= 4 is 23.2 Å². The Kier molecular flexibility index (Phi) is 5.86. The van der Waals surface area contributed by atoms with E-state index in [1.165, 1.54) is 6.26 Å². The molecule has 0 saturated carbocycles. The van der Waals surface area contributed by atoms with Gasteiger partial charge < -0.3 is 14.5 Å². The monoisotopic (exact) mass is 377 g/mol. The van der Waals surface area contributed by atoms with E-state index in [-0.39, 0.29) is 17.6 Å². The minimum atomic E-state index is -0.343. The van der Waals surface area contributed by atoms with Gasteiger partial charge in [-0.1, -0.05) is 12.1 Å². The van der Waals surface area contributed by atoms with Crippen LogP contribution in [0.2, 0.25) is 0 Å². The SMILES string of the molecule is COc1ccc(C(=O)N/N=C(\C)c2cccc(NC(=O)c3ccco3)c2)cc1. The van der Waals surface area contributed by atoms with Gasteiger partial charge in [0.1, 0.15) is 5.75 Å². The number of hydrogen-bond donors (Lipinski definition) is 2. The third kappa shape index (κ3) is 4.64. The lowest BCUT2D eigenvalue weighted by molar-refractivity contribution is 0.0953. The number of ether oxygens (including phenoxy) is 1. The molecule has 2 N–H and O–H groups in total. The van der Waals surface area contributed by atoms with E-state index in [4.69, 9.17) is 9.15 Å². The minimum Gasteiger partial charge on any atom is -0.497 e. The second kappa shape index (κ2) is 8.68. The van der Waals surface area contributed by atoms with Gasteiger partial charge >= 0.3 is 0 Å². The maximum absolute atomic E-state index is 12.2. The number of hydrazone groups is 1. The number of methoxy groups -OCH3 is 1. The first-order chi connectivity index (χ1) is 13.6. The van der Waals surface area contributed by atoms with Crippen LogP contribution in [0.5, 0.6) is 5.75 Å². The summed E-state index contributed by atoms with van der Waals surface area (Å²) in [7, 11) is 1.56. The Morgan fingerprint density at radius 3 is 2.43 bits per heavy atom. The summed E-state index contributed by atoms with van der Waals surface area (Å²) in [4.78, 5) is 24.3. The molecule has 0 radical (unpaired) electrons. The molecule has 0 aliphatic heterocycles. The molecule has 3 rings (SSSR count). The number of rotatable bonds is 6. The Hall–Kier alpha value is -3.87. The average molecular weight is 377 g/mol. The molecule has 7 heteroatoms. The molecule has 0 fully saturated rings. The molecule has 0 saturated heterocycles. The molecule has 3 aromatic rings. The summed E-state index contributed by atoms with van der Waals surface area (Å²) in [6.45, 7) is 1.77. The normalized spacial score (nSPS) is 11.0. The van der Waals surface area contributed by atoms with E-state index >= 15 is 0 Å². The van der Waals surface area contributed by atoms with Gasteiger partial charge in [-0.2, -0.15) is 5.10 Å². The molecule has 1 heterocycles. The lowest BCUT2D eigenvalue weighted by Crippen LogP contribution is -2.19. The maximum atomic E-state index is 12.2. The lowest BCUT2D eigenvalue weighted by atomic mass is 10.1. The molecule has 2 aromatic carbocycles. The van der Waals surface area contributed by atoms with Crippen molar-refractivity contribution in [1.82, 2.24) is 5.43 Å². The van der Waals surface area contributed by atoms with E-state index in [1.807, 2.05) is 6.07 Å². The van der Waals surface area contributed by atoms with Crippen LogP contribution in [0.1, 0.15) is 33.4 Å². The van der Waals surface area contributed by atoms with Crippen LogP contribution in [0, 0.1) is 0 Å². The fourth-order valence-electron chi connectivity index (χ4n) is 2.43. The topological polar surface area (TPSA) is 92.9 Å². The fraction of sp³-hybridized carbons (Fsp3) is 0.0952. The van der Waals surface area contributed by atoms with Gasteiger partial charge in [-0.3, -0.25) is 9.59 Å². The highest BCUT2D eigenvalue weighted by Crippen LogP contribution is 2.14. The van der Waals surface area contributed by atoms with Gasteiger partial charge in [0.25, 0.3) is 11.8 Å². The van der Waals surface area contributed by atoms with Crippen molar-refractivity contribution in [2.24, 2.45) is 5.10 Å². The Labute approximate surface area is 162 Å². The predicted molar refractivity (Wildman–Crippen MR) is 106 cm³/mol. The number of benzene rings is 2. The largest absolute Gasteiger partial charge is 0.497 e. The summed E-state index contributed by atoms with van der Waals surface area (Å²) < 4.78 is 10.1. The molecule has 0 atom stereocenters. The Balaban J connectivity index is 1.66. The smallest absolute Gasteiger partial charge is 0.291 e. The number of carbonyl (C=O) groups is 2. The van der Waals surface area contributed by atoms with Gasteiger partial charge in [0, 0.05) is 11.3 Å². The van der Waals surface area contributed by atoms with Crippen LogP contribution in [0.15, 0.2) is 76.4 Å². The second-order valence-corrected chi connectivity index (χ2v) is 5.88. The molecule has 0 spiro atoms. The zero-order valence-corrected chi connectivity index (χ0v) is 15.4. The van der Waals surface area contributed by atoms with Crippen molar-refractivity contribution < 1.29 is 18.7 Å². The molecule has 0 bridgehead atoms. The van der Waals surface area contributed by atoms with Crippen LogP contribution < -0.4 is 15.5 Å². The van der Waals surface area contributed by atoms with Crippen molar-refractivity contribution in [3.63, 3.8) is 0 Å². The minimum absolute atomic E-state index is 0.225. The first kappa shape index (κ1) is 18.9.